The monoisotopic (exact) mass is 890 g/mol. The van der Waals surface area contributed by atoms with E-state index in [2.05, 4.69) is 78.2 Å². The Morgan fingerprint density at radius 3 is 2.22 bits per heavy atom. The molecule has 65 heavy (non-hydrogen) atoms. The fraction of sp³-hybridized carbons (Fsp3) is 0.542. The van der Waals surface area contributed by atoms with Crippen molar-refractivity contribution < 1.29 is 42.9 Å². The molecule has 4 fully saturated rings. The van der Waals surface area contributed by atoms with Gasteiger partial charge in [-0.05, 0) is 69.4 Å². The average Bonchev–Trinajstić information content (AvgIpc) is 3.52. The van der Waals surface area contributed by atoms with Crippen LogP contribution in [-0.2, 0) is 9.59 Å². The van der Waals surface area contributed by atoms with Gasteiger partial charge in [0.1, 0.15) is 47.3 Å². The van der Waals surface area contributed by atoms with Crippen molar-refractivity contribution in [3.8, 4) is 29.1 Å². The van der Waals surface area contributed by atoms with Crippen molar-refractivity contribution in [1.82, 2.24) is 30.6 Å². The molecule has 0 spiro atoms. The number of nitrogens with zero attached hydrogens (tertiary/aromatic N) is 6. The summed E-state index contributed by atoms with van der Waals surface area (Å²) in [6, 6.07) is 13.4. The van der Waals surface area contributed by atoms with Crippen LogP contribution in [0.5, 0.6) is 23.0 Å². The number of benzene rings is 2. The normalized spacial score (nSPS) is 24.7. The van der Waals surface area contributed by atoms with Crippen molar-refractivity contribution in [2.45, 2.75) is 116 Å². The van der Waals surface area contributed by atoms with E-state index in [4.69, 9.17) is 18.9 Å². The number of piperidine rings is 2. The molecule has 1 unspecified atom stereocenters. The molecule has 17 nitrogen and oxygen atoms in total. The molecule has 5 amide bonds. The number of amides is 5. The van der Waals surface area contributed by atoms with Crippen molar-refractivity contribution in [1.29, 1.82) is 5.26 Å². The molecule has 2 N–H and O–H groups in total. The number of aromatic nitrogens is 2. The van der Waals surface area contributed by atoms with Crippen LogP contribution in [0.3, 0.4) is 0 Å². The van der Waals surface area contributed by atoms with E-state index >= 15 is 0 Å². The fourth-order valence-corrected chi connectivity index (χ4v) is 10.9. The minimum Gasteiger partial charge on any atom is -0.496 e. The second kappa shape index (κ2) is 17.6. The third-order valence-electron chi connectivity index (χ3n) is 14.2. The highest BCUT2D eigenvalue weighted by atomic mass is 16.5. The number of fused-ring (bicyclic) bond motifs is 1. The molecular weight excluding hydrogens is 833 g/mol. The lowest BCUT2D eigenvalue weighted by atomic mass is 9.49. The van der Waals surface area contributed by atoms with Crippen LogP contribution in [0.4, 0.5) is 5.82 Å². The summed E-state index contributed by atoms with van der Waals surface area (Å²) in [6.07, 6.45) is 3.39. The number of imide groups is 2. The van der Waals surface area contributed by atoms with E-state index in [0.29, 0.717) is 40.8 Å². The molecule has 1 atom stereocenters. The summed E-state index contributed by atoms with van der Waals surface area (Å²) in [5, 5.41) is 23.6. The maximum Gasteiger partial charge on any atom is 0.272 e. The van der Waals surface area contributed by atoms with Crippen LogP contribution in [0, 0.1) is 28.1 Å². The highest BCUT2D eigenvalue weighted by molar-refractivity contribution is 6.24. The maximum absolute atomic E-state index is 13.5. The van der Waals surface area contributed by atoms with E-state index < -0.39 is 40.5 Å². The molecule has 0 bridgehead atoms. The number of hydrogen-bond acceptors (Lipinski definition) is 14. The molecular formula is C48H58N8O9. The first-order chi connectivity index (χ1) is 30.9. The van der Waals surface area contributed by atoms with Crippen LogP contribution in [0.15, 0.2) is 42.5 Å². The largest absolute Gasteiger partial charge is 0.496 e. The predicted molar refractivity (Wildman–Crippen MR) is 237 cm³/mol. The Labute approximate surface area is 379 Å². The van der Waals surface area contributed by atoms with Gasteiger partial charge in [0.15, 0.2) is 11.5 Å². The van der Waals surface area contributed by atoms with Gasteiger partial charge in [-0.2, -0.15) is 5.26 Å². The number of nitriles is 1. The Kier molecular flexibility index (Phi) is 12.3. The molecule has 2 saturated carbocycles. The van der Waals surface area contributed by atoms with Crippen molar-refractivity contribution in [2.75, 3.05) is 38.8 Å². The molecule has 4 heterocycles. The van der Waals surface area contributed by atoms with E-state index in [9.17, 15) is 29.2 Å². The average molecular weight is 891 g/mol. The van der Waals surface area contributed by atoms with E-state index in [1.807, 2.05) is 6.07 Å². The Bertz CT molecular complexity index is 2400. The molecule has 2 saturated heterocycles. The highest BCUT2D eigenvalue weighted by Gasteiger charge is 2.64. The zero-order chi connectivity index (χ0) is 46.5. The number of nitrogens with one attached hydrogen (secondary N) is 2. The summed E-state index contributed by atoms with van der Waals surface area (Å²) in [4.78, 5) is 70.4. The van der Waals surface area contributed by atoms with Gasteiger partial charge in [-0.15, -0.1) is 10.2 Å². The topological polar surface area (TPSA) is 206 Å². The summed E-state index contributed by atoms with van der Waals surface area (Å²) in [5.74, 6) is 0.277. The van der Waals surface area contributed by atoms with Gasteiger partial charge >= 0.3 is 0 Å². The first-order valence-corrected chi connectivity index (χ1v) is 22.4. The number of carbonyl (C=O) groups excluding carboxylic acids is 5. The number of methoxy groups -OCH3 is 2. The summed E-state index contributed by atoms with van der Waals surface area (Å²) >= 11 is 0. The van der Waals surface area contributed by atoms with Crippen molar-refractivity contribution in [3.63, 3.8) is 0 Å². The van der Waals surface area contributed by atoms with Gasteiger partial charge in [-0.3, -0.25) is 39.1 Å². The molecule has 8 rings (SSSR count). The standard InChI is InChI=1S/C48H58N8O9/c1-26(2)55(29-19-31(20-29)64-32-21-33-40(37(23-32)63-8)44(61)56(43(33)60)35-12-14-39(57)50-42(35)59)25-27-15-17-54(18-16-27)38-13-11-34(52-53-38)41(58)51-45-47(3,4)46(48(45,5)6)65-30-10-9-28(24-49)36(22-30)62-7/h9-11,13,21-23,26-27,29,31,35,45-46H,12,14-20,25H2,1-8H3,(H,51,58)(H,50,57,59). The molecule has 2 aliphatic carbocycles. The molecule has 3 aromatic rings. The first kappa shape index (κ1) is 45.3. The lowest BCUT2D eigenvalue weighted by Crippen LogP contribution is -2.74. The SMILES string of the molecule is COc1cc(OC2C(C)(C)C(NC(=O)c3ccc(N4CCC(CN(C(C)C)C5CC(Oc6cc(OC)c7c(c6)C(=O)N(C6CCC(=O)NC6=O)C7=O)C5)CC4)nn3)C2(C)C)ccc1C#N. The van der Waals surface area contributed by atoms with Crippen LogP contribution in [0.2, 0.25) is 0 Å². The van der Waals surface area contributed by atoms with E-state index in [-0.39, 0.29) is 59.6 Å². The molecule has 344 valence electrons. The van der Waals surface area contributed by atoms with Crippen molar-refractivity contribution in [2.24, 2.45) is 16.7 Å². The maximum atomic E-state index is 13.5. The molecule has 2 aromatic carbocycles. The lowest BCUT2D eigenvalue weighted by molar-refractivity contribution is -0.164. The van der Waals surface area contributed by atoms with Crippen molar-refractivity contribution in [3.05, 3.63) is 64.8 Å². The smallest absolute Gasteiger partial charge is 0.272 e. The van der Waals surface area contributed by atoms with Crippen LogP contribution < -0.4 is 34.5 Å². The van der Waals surface area contributed by atoms with Crippen molar-refractivity contribution >= 4 is 35.4 Å². The first-order valence-electron chi connectivity index (χ1n) is 22.4. The third kappa shape index (κ3) is 8.44. The molecule has 5 aliphatic rings. The van der Waals surface area contributed by atoms with Crippen LogP contribution in [-0.4, -0.2) is 120 Å². The summed E-state index contributed by atoms with van der Waals surface area (Å²) in [5.41, 5.74) is 0.0745. The summed E-state index contributed by atoms with van der Waals surface area (Å²) in [6.45, 7) is 15.3. The third-order valence-corrected chi connectivity index (χ3v) is 14.2. The van der Waals surface area contributed by atoms with Crippen LogP contribution in [0.25, 0.3) is 0 Å². The number of hydrogen-bond donors (Lipinski definition) is 2. The molecule has 0 radical (unpaired) electrons. The fourth-order valence-electron chi connectivity index (χ4n) is 10.9. The summed E-state index contributed by atoms with van der Waals surface area (Å²) in [7, 11) is 2.94. The second-order valence-electron chi connectivity index (χ2n) is 19.4. The molecule has 1 aromatic heterocycles. The van der Waals surface area contributed by atoms with Gasteiger partial charge in [0.2, 0.25) is 11.8 Å². The van der Waals surface area contributed by atoms with E-state index in [0.717, 1.165) is 56.0 Å². The Hall–Kier alpha value is -6.28. The lowest BCUT2D eigenvalue weighted by Gasteiger charge is -2.63. The van der Waals surface area contributed by atoms with E-state index in [1.54, 1.807) is 36.4 Å². The predicted octanol–water partition coefficient (Wildman–Crippen LogP) is 4.92. The molecule has 3 aliphatic heterocycles. The van der Waals surface area contributed by atoms with Crippen LogP contribution in [0.1, 0.15) is 117 Å². The number of carbonyl (C=O) groups is 5. The number of anilines is 1. The Morgan fingerprint density at radius 2 is 1.60 bits per heavy atom. The minimum atomic E-state index is -1.07. The van der Waals surface area contributed by atoms with Gasteiger partial charge in [0.25, 0.3) is 17.7 Å². The van der Waals surface area contributed by atoms with Crippen LogP contribution >= 0.6 is 0 Å². The van der Waals surface area contributed by atoms with Gasteiger partial charge in [0.05, 0.1) is 30.9 Å². The molecule has 17 heteroatoms. The second-order valence-corrected chi connectivity index (χ2v) is 19.4. The Balaban J connectivity index is 0.811. The number of rotatable bonds is 14. The van der Waals surface area contributed by atoms with Gasteiger partial charge in [0, 0.05) is 80.0 Å². The zero-order valence-electron chi connectivity index (χ0n) is 38.3. The van der Waals surface area contributed by atoms with Gasteiger partial charge in [-0.25, -0.2) is 0 Å². The van der Waals surface area contributed by atoms with Gasteiger partial charge in [-0.1, -0.05) is 27.7 Å². The summed E-state index contributed by atoms with van der Waals surface area (Å²) < 4.78 is 23.7. The minimum absolute atomic E-state index is 0.0388. The highest BCUT2D eigenvalue weighted by Crippen LogP contribution is 2.55. The van der Waals surface area contributed by atoms with E-state index in [1.165, 1.54) is 14.2 Å². The number of ether oxygens (including phenoxy) is 4. The van der Waals surface area contributed by atoms with Gasteiger partial charge < -0.3 is 29.2 Å². The Morgan fingerprint density at radius 1 is 0.908 bits per heavy atom. The quantitative estimate of drug-likeness (QED) is 0.206. The zero-order valence-corrected chi connectivity index (χ0v) is 38.3.